The topological polar surface area (TPSA) is 58.6 Å². The van der Waals surface area contributed by atoms with Crippen molar-refractivity contribution >= 4 is 10.0 Å². The number of sulfonamides is 1. The van der Waals surface area contributed by atoms with Crippen molar-refractivity contribution in [1.82, 2.24) is 9.62 Å². The molecular weight excluding hydrogens is 348 g/mol. The molecule has 0 radical (unpaired) electrons. The van der Waals surface area contributed by atoms with E-state index in [9.17, 15) is 8.42 Å². The number of benzene rings is 2. The summed E-state index contributed by atoms with van der Waals surface area (Å²) in [5, 5.41) is 0. The van der Waals surface area contributed by atoms with E-state index in [1.54, 1.807) is 0 Å². The van der Waals surface area contributed by atoms with E-state index in [-0.39, 0.29) is 11.8 Å². The summed E-state index contributed by atoms with van der Waals surface area (Å²) < 4.78 is 33.1. The van der Waals surface area contributed by atoms with Gasteiger partial charge in [0, 0.05) is 12.6 Å². The summed E-state index contributed by atoms with van der Waals surface area (Å²) in [5.41, 5.74) is 2.88. The lowest BCUT2D eigenvalue weighted by molar-refractivity contribution is 0.298. The fraction of sp³-hybridized carbons (Fsp3) is 0.400. The van der Waals surface area contributed by atoms with Crippen molar-refractivity contribution in [3.05, 3.63) is 65.2 Å². The lowest BCUT2D eigenvalue weighted by atomic mass is 10.1. The van der Waals surface area contributed by atoms with Crippen molar-refractivity contribution in [3.63, 3.8) is 0 Å². The van der Waals surface area contributed by atoms with Crippen LogP contribution in [0.3, 0.4) is 0 Å². The molecular formula is C20H28N2O3S. The van der Waals surface area contributed by atoms with Gasteiger partial charge in [0.25, 0.3) is 0 Å². The van der Waals surface area contributed by atoms with Crippen molar-refractivity contribution in [1.29, 1.82) is 0 Å². The van der Waals surface area contributed by atoms with Crippen molar-refractivity contribution in [2.45, 2.75) is 25.6 Å². The van der Waals surface area contributed by atoms with E-state index in [1.165, 1.54) is 0 Å². The van der Waals surface area contributed by atoms with Gasteiger partial charge in [-0.1, -0.05) is 42.0 Å². The average Bonchev–Trinajstić information content (AvgIpc) is 2.56. The van der Waals surface area contributed by atoms with Gasteiger partial charge in [-0.3, -0.25) is 0 Å². The Morgan fingerprint density at radius 2 is 1.81 bits per heavy atom. The zero-order valence-corrected chi connectivity index (χ0v) is 16.7. The van der Waals surface area contributed by atoms with Gasteiger partial charge < -0.3 is 9.64 Å². The summed E-state index contributed by atoms with van der Waals surface area (Å²) in [4.78, 5) is 2.00. The van der Waals surface area contributed by atoms with Gasteiger partial charge in [-0.25, -0.2) is 13.1 Å². The van der Waals surface area contributed by atoms with Crippen LogP contribution in [0.4, 0.5) is 0 Å². The van der Waals surface area contributed by atoms with Crippen LogP contribution in [0.2, 0.25) is 0 Å². The Morgan fingerprint density at radius 3 is 2.38 bits per heavy atom. The van der Waals surface area contributed by atoms with Crippen LogP contribution in [-0.2, 0) is 15.8 Å². The molecule has 1 N–H and O–H groups in total. The monoisotopic (exact) mass is 376 g/mol. The average molecular weight is 377 g/mol. The van der Waals surface area contributed by atoms with Gasteiger partial charge >= 0.3 is 0 Å². The first-order valence-corrected chi connectivity index (χ1v) is 10.4. The van der Waals surface area contributed by atoms with Crippen molar-refractivity contribution < 1.29 is 13.2 Å². The van der Waals surface area contributed by atoms with Gasteiger partial charge in [0.15, 0.2) is 0 Å². The predicted octanol–water partition coefficient (Wildman–Crippen LogP) is 3.12. The molecule has 6 heteroatoms. The van der Waals surface area contributed by atoms with Crippen LogP contribution in [0.5, 0.6) is 5.75 Å². The van der Waals surface area contributed by atoms with Crippen molar-refractivity contribution in [2.24, 2.45) is 0 Å². The van der Waals surface area contributed by atoms with E-state index >= 15 is 0 Å². The van der Waals surface area contributed by atoms with Crippen LogP contribution < -0.4 is 9.46 Å². The third kappa shape index (κ3) is 6.12. The third-order valence-electron chi connectivity index (χ3n) is 4.13. The molecule has 2 rings (SSSR count). The maximum atomic E-state index is 12.5. The molecule has 1 atom stereocenters. The van der Waals surface area contributed by atoms with E-state index in [4.69, 9.17) is 4.74 Å². The number of ether oxygens (including phenoxy) is 1. The second kappa shape index (κ2) is 9.16. The Kier molecular flexibility index (Phi) is 7.20. The largest absolute Gasteiger partial charge is 0.494 e. The molecule has 0 saturated heterocycles. The molecule has 26 heavy (non-hydrogen) atoms. The standard InChI is InChI=1S/C20H28N2O3S/c1-5-25-19-11-9-18(10-12-19)20(22(3)4)14-21-26(23,24)15-17-8-6-7-16(2)13-17/h6-13,20-21H,5,14-15H2,1-4H3. The zero-order valence-electron chi connectivity index (χ0n) is 15.9. The fourth-order valence-corrected chi connectivity index (χ4v) is 3.96. The van der Waals surface area contributed by atoms with Gasteiger partial charge in [0.05, 0.1) is 12.4 Å². The first kappa shape index (κ1) is 20.4. The molecule has 0 amide bonds. The van der Waals surface area contributed by atoms with Gasteiger partial charge in [-0.15, -0.1) is 0 Å². The van der Waals surface area contributed by atoms with Crippen LogP contribution in [0, 0.1) is 6.92 Å². The number of nitrogens with one attached hydrogen (secondary N) is 1. The second-order valence-corrected chi connectivity index (χ2v) is 8.38. The SMILES string of the molecule is CCOc1ccc(C(CNS(=O)(=O)Cc2cccc(C)c2)N(C)C)cc1. The minimum Gasteiger partial charge on any atom is -0.494 e. The summed E-state index contributed by atoms with van der Waals surface area (Å²) >= 11 is 0. The Morgan fingerprint density at radius 1 is 1.12 bits per heavy atom. The Labute approximate surface area is 157 Å². The summed E-state index contributed by atoms with van der Waals surface area (Å²) in [7, 11) is 0.475. The Hall–Kier alpha value is -1.89. The molecule has 0 aliphatic heterocycles. The fourth-order valence-electron chi connectivity index (χ4n) is 2.83. The Balaban J connectivity index is 2.05. The maximum absolute atomic E-state index is 12.5. The van der Waals surface area contributed by atoms with Crippen molar-refractivity contribution in [3.8, 4) is 5.75 Å². The van der Waals surface area contributed by atoms with Crippen LogP contribution in [0.25, 0.3) is 0 Å². The number of rotatable bonds is 9. The first-order chi connectivity index (χ1) is 12.3. The maximum Gasteiger partial charge on any atom is 0.215 e. The normalized spacial score (nSPS) is 13.0. The molecule has 0 saturated carbocycles. The highest BCUT2D eigenvalue weighted by Gasteiger charge is 2.18. The molecule has 1 unspecified atom stereocenters. The first-order valence-electron chi connectivity index (χ1n) is 8.73. The lowest BCUT2D eigenvalue weighted by Gasteiger charge is -2.25. The minimum atomic E-state index is -3.41. The van der Waals surface area contributed by atoms with Crippen LogP contribution in [-0.4, -0.2) is 40.6 Å². The highest BCUT2D eigenvalue weighted by atomic mass is 32.2. The molecule has 0 fully saturated rings. The van der Waals surface area contributed by atoms with Gasteiger partial charge in [0.1, 0.15) is 5.75 Å². The van der Waals surface area contributed by atoms with E-state index in [0.29, 0.717) is 13.2 Å². The molecule has 0 aromatic heterocycles. The van der Waals surface area contributed by atoms with Gasteiger partial charge in [-0.05, 0) is 51.2 Å². The summed E-state index contributed by atoms with van der Waals surface area (Å²) in [6.45, 7) is 4.83. The number of likely N-dealkylation sites (N-methyl/N-ethyl adjacent to an activating group) is 1. The van der Waals surface area contributed by atoms with Gasteiger partial charge in [-0.2, -0.15) is 0 Å². The second-order valence-electron chi connectivity index (χ2n) is 6.58. The van der Waals surface area contributed by atoms with Crippen molar-refractivity contribution in [2.75, 3.05) is 27.2 Å². The number of nitrogens with zero attached hydrogens (tertiary/aromatic N) is 1. The molecule has 2 aromatic carbocycles. The summed E-state index contributed by atoms with van der Waals surface area (Å²) in [5.74, 6) is 0.798. The van der Waals surface area contributed by atoms with Crippen LogP contribution in [0.15, 0.2) is 48.5 Å². The van der Waals surface area contributed by atoms with Crippen LogP contribution >= 0.6 is 0 Å². The van der Waals surface area contributed by atoms with Crippen LogP contribution in [0.1, 0.15) is 29.7 Å². The quantitative estimate of drug-likeness (QED) is 0.731. The number of hydrogen-bond donors (Lipinski definition) is 1. The molecule has 0 spiro atoms. The predicted molar refractivity (Wildman–Crippen MR) is 106 cm³/mol. The highest BCUT2D eigenvalue weighted by molar-refractivity contribution is 7.88. The molecule has 2 aromatic rings. The number of aryl methyl sites for hydroxylation is 1. The third-order valence-corrected chi connectivity index (χ3v) is 5.45. The molecule has 0 aliphatic rings. The molecule has 5 nitrogen and oxygen atoms in total. The lowest BCUT2D eigenvalue weighted by Crippen LogP contribution is -2.35. The van der Waals surface area contributed by atoms with E-state index in [2.05, 4.69) is 4.72 Å². The van der Waals surface area contributed by atoms with E-state index in [0.717, 1.165) is 22.4 Å². The molecule has 0 heterocycles. The van der Waals surface area contributed by atoms with E-state index in [1.807, 2.05) is 81.4 Å². The summed E-state index contributed by atoms with van der Waals surface area (Å²) in [6.07, 6.45) is 0. The van der Waals surface area contributed by atoms with E-state index < -0.39 is 10.0 Å². The Bertz CT molecular complexity index is 802. The van der Waals surface area contributed by atoms with Gasteiger partial charge in [0.2, 0.25) is 10.0 Å². The molecule has 0 bridgehead atoms. The smallest absolute Gasteiger partial charge is 0.215 e. The molecule has 142 valence electrons. The minimum absolute atomic E-state index is 0.0158. The summed E-state index contributed by atoms with van der Waals surface area (Å²) in [6, 6.07) is 15.3. The zero-order chi connectivity index (χ0) is 19.2. The molecule has 0 aliphatic carbocycles. The number of hydrogen-bond acceptors (Lipinski definition) is 4. The highest BCUT2D eigenvalue weighted by Crippen LogP contribution is 2.21.